The van der Waals surface area contributed by atoms with Gasteiger partial charge in [-0.3, -0.25) is 0 Å². The normalized spacial score (nSPS) is 26.3. The summed E-state index contributed by atoms with van der Waals surface area (Å²) in [5, 5.41) is 7.84. The average Bonchev–Trinajstić information content (AvgIpc) is 3.10. The van der Waals surface area contributed by atoms with Crippen LogP contribution in [0.3, 0.4) is 0 Å². The zero-order chi connectivity index (χ0) is 14.7. The summed E-state index contributed by atoms with van der Waals surface area (Å²) in [7, 11) is 2.24. The Labute approximate surface area is 127 Å². The van der Waals surface area contributed by atoms with Gasteiger partial charge < -0.3 is 19.5 Å². The van der Waals surface area contributed by atoms with Crippen LogP contribution in [-0.2, 0) is 10.3 Å². The molecular formula is C16H27N3O2. The fourth-order valence-corrected chi connectivity index (χ4v) is 3.64. The molecule has 0 spiro atoms. The van der Waals surface area contributed by atoms with Crippen LogP contribution in [0.5, 0.6) is 0 Å². The molecule has 2 fully saturated rings. The van der Waals surface area contributed by atoms with E-state index in [9.17, 15) is 0 Å². The first-order chi connectivity index (χ1) is 10.2. The number of likely N-dealkylation sites (tertiary alicyclic amines) is 1. The van der Waals surface area contributed by atoms with E-state index >= 15 is 0 Å². The largest absolute Gasteiger partial charge is 0.381 e. The number of hydrogen-bond acceptors (Lipinski definition) is 5. The molecule has 1 unspecified atom stereocenters. The molecule has 0 saturated carbocycles. The van der Waals surface area contributed by atoms with Crippen LogP contribution in [0.1, 0.15) is 43.6 Å². The third-order valence-electron chi connectivity index (χ3n) is 5.06. The van der Waals surface area contributed by atoms with Crippen LogP contribution in [0.25, 0.3) is 0 Å². The first-order valence-electron chi connectivity index (χ1n) is 8.16. The molecule has 0 amide bonds. The molecule has 0 aliphatic carbocycles. The molecular weight excluding hydrogens is 266 g/mol. The molecule has 3 rings (SSSR count). The van der Waals surface area contributed by atoms with Gasteiger partial charge in [0, 0.05) is 25.3 Å². The van der Waals surface area contributed by atoms with Crippen molar-refractivity contribution in [3.05, 3.63) is 17.5 Å². The van der Waals surface area contributed by atoms with E-state index in [1.54, 1.807) is 0 Å². The molecule has 0 aromatic carbocycles. The van der Waals surface area contributed by atoms with Gasteiger partial charge >= 0.3 is 0 Å². The maximum Gasteiger partial charge on any atom is 0.157 e. The molecule has 1 N–H and O–H groups in total. The monoisotopic (exact) mass is 293 g/mol. The summed E-state index contributed by atoms with van der Waals surface area (Å²) in [6, 6.07) is 2.80. The first-order valence-corrected chi connectivity index (χ1v) is 8.16. The van der Waals surface area contributed by atoms with Gasteiger partial charge in [-0.25, -0.2) is 0 Å². The van der Waals surface area contributed by atoms with Gasteiger partial charge in [0.05, 0.1) is 11.2 Å². The van der Waals surface area contributed by atoms with E-state index in [0.717, 1.165) is 50.1 Å². The Morgan fingerprint density at radius 2 is 2.24 bits per heavy atom. The molecule has 3 heterocycles. The highest BCUT2D eigenvalue weighted by Crippen LogP contribution is 2.32. The molecule has 0 bridgehead atoms. The number of hydrogen-bond donors (Lipinski definition) is 1. The van der Waals surface area contributed by atoms with Crippen LogP contribution in [-0.4, -0.2) is 49.4 Å². The van der Waals surface area contributed by atoms with Crippen molar-refractivity contribution in [1.82, 2.24) is 15.4 Å². The lowest BCUT2D eigenvalue weighted by atomic mass is 9.87. The van der Waals surface area contributed by atoms with E-state index in [2.05, 4.69) is 28.5 Å². The highest BCUT2D eigenvalue weighted by atomic mass is 16.5. The molecule has 2 aliphatic rings. The molecule has 5 heteroatoms. The molecule has 2 aliphatic heterocycles. The SMILES string of the molecule is Cc1cc(C2(NCCC3CCCN3C)CCOCC2)on1. The highest BCUT2D eigenvalue weighted by Gasteiger charge is 2.37. The van der Waals surface area contributed by atoms with Crippen LogP contribution in [0, 0.1) is 6.92 Å². The van der Waals surface area contributed by atoms with Crippen molar-refractivity contribution in [2.75, 3.05) is 33.4 Å². The van der Waals surface area contributed by atoms with Crippen LogP contribution in [0.2, 0.25) is 0 Å². The summed E-state index contributed by atoms with van der Waals surface area (Å²) < 4.78 is 11.1. The number of nitrogens with one attached hydrogen (secondary N) is 1. The molecule has 1 aromatic heterocycles. The number of aryl methyl sites for hydroxylation is 1. The Bertz CT molecular complexity index is 454. The number of rotatable bonds is 5. The maximum atomic E-state index is 5.57. The minimum absolute atomic E-state index is 0.0866. The second-order valence-corrected chi connectivity index (χ2v) is 6.52. The summed E-state index contributed by atoms with van der Waals surface area (Å²) >= 11 is 0. The Hall–Kier alpha value is -0.910. The van der Waals surface area contributed by atoms with Crippen molar-refractivity contribution in [3.63, 3.8) is 0 Å². The third kappa shape index (κ3) is 3.30. The van der Waals surface area contributed by atoms with Gasteiger partial charge in [-0.1, -0.05) is 5.16 Å². The number of ether oxygens (including phenoxy) is 1. The van der Waals surface area contributed by atoms with Crippen molar-refractivity contribution in [1.29, 1.82) is 0 Å². The lowest BCUT2D eigenvalue weighted by Crippen LogP contribution is -2.47. The second-order valence-electron chi connectivity index (χ2n) is 6.52. The second kappa shape index (κ2) is 6.46. The predicted octanol–water partition coefficient (Wildman–Crippen LogP) is 2.06. The van der Waals surface area contributed by atoms with E-state index in [4.69, 9.17) is 9.26 Å². The summed E-state index contributed by atoms with van der Waals surface area (Å²) in [5.74, 6) is 0.975. The molecule has 21 heavy (non-hydrogen) atoms. The average molecular weight is 293 g/mol. The molecule has 5 nitrogen and oxygen atoms in total. The van der Waals surface area contributed by atoms with Gasteiger partial charge in [0.25, 0.3) is 0 Å². The molecule has 2 saturated heterocycles. The maximum absolute atomic E-state index is 5.57. The van der Waals surface area contributed by atoms with E-state index in [0.29, 0.717) is 0 Å². The van der Waals surface area contributed by atoms with Gasteiger partial charge in [0.2, 0.25) is 0 Å². The lowest BCUT2D eigenvalue weighted by Gasteiger charge is -2.36. The van der Waals surface area contributed by atoms with Crippen molar-refractivity contribution in [3.8, 4) is 0 Å². The highest BCUT2D eigenvalue weighted by molar-refractivity contribution is 5.15. The van der Waals surface area contributed by atoms with E-state index in [1.165, 1.54) is 25.8 Å². The van der Waals surface area contributed by atoms with Crippen LogP contribution in [0.4, 0.5) is 0 Å². The fraction of sp³-hybridized carbons (Fsp3) is 0.812. The first kappa shape index (κ1) is 15.0. The van der Waals surface area contributed by atoms with E-state index in [1.807, 2.05) is 6.92 Å². The lowest BCUT2D eigenvalue weighted by molar-refractivity contribution is 0.0244. The quantitative estimate of drug-likeness (QED) is 0.900. The van der Waals surface area contributed by atoms with Crippen LogP contribution in [0.15, 0.2) is 10.6 Å². The van der Waals surface area contributed by atoms with Crippen molar-refractivity contribution in [2.24, 2.45) is 0 Å². The van der Waals surface area contributed by atoms with Gasteiger partial charge in [0.15, 0.2) is 5.76 Å². The van der Waals surface area contributed by atoms with E-state index < -0.39 is 0 Å². The van der Waals surface area contributed by atoms with Gasteiger partial charge in [-0.2, -0.15) is 0 Å². The van der Waals surface area contributed by atoms with Crippen LogP contribution >= 0.6 is 0 Å². The van der Waals surface area contributed by atoms with Crippen molar-refractivity contribution >= 4 is 0 Å². The molecule has 1 aromatic rings. The Morgan fingerprint density at radius 1 is 1.43 bits per heavy atom. The summed E-state index contributed by atoms with van der Waals surface area (Å²) in [5.41, 5.74) is 0.865. The molecule has 1 atom stereocenters. The number of nitrogens with zero attached hydrogens (tertiary/aromatic N) is 2. The molecule has 118 valence electrons. The summed E-state index contributed by atoms with van der Waals surface area (Å²) in [4.78, 5) is 2.48. The summed E-state index contributed by atoms with van der Waals surface area (Å²) in [6.45, 7) is 5.82. The standard InChI is InChI=1S/C16H27N3O2/c1-13-12-15(21-18-13)16(6-10-20-11-7-16)17-8-5-14-4-3-9-19(14)2/h12,14,17H,3-11H2,1-2H3. The van der Waals surface area contributed by atoms with Gasteiger partial charge in [0.1, 0.15) is 0 Å². The van der Waals surface area contributed by atoms with Crippen molar-refractivity contribution in [2.45, 2.75) is 50.6 Å². The Morgan fingerprint density at radius 3 is 2.86 bits per heavy atom. The zero-order valence-electron chi connectivity index (χ0n) is 13.2. The third-order valence-corrected chi connectivity index (χ3v) is 5.06. The minimum atomic E-state index is -0.0866. The predicted molar refractivity (Wildman–Crippen MR) is 81.2 cm³/mol. The fourth-order valence-electron chi connectivity index (χ4n) is 3.64. The number of aromatic nitrogens is 1. The molecule has 0 radical (unpaired) electrons. The summed E-state index contributed by atoms with van der Waals surface area (Å²) in [6.07, 6.45) is 5.79. The topological polar surface area (TPSA) is 50.5 Å². The zero-order valence-corrected chi connectivity index (χ0v) is 13.2. The Kier molecular flexibility index (Phi) is 4.62. The van der Waals surface area contributed by atoms with Gasteiger partial charge in [-0.05, 0) is 59.2 Å². The van der Waals surface area contributed by atoms with Crippen molar-refractivity contribution < 1.29 is 9.26 Å². The van der Waals surface area contributed by atoms with E-state index in [-0.39, 0.29) is 5.54 Å². The Balaban J connectivity index is 1.62. The van der Waals surface area contributed by atoms with Gasteiger partial charge in [-0.15, -0.1) is 0 Å². The minimum Gasteiger partial charge on any atom is -0.381 e. The van der Waals surface area contributed by atoms with Crippen LogP contribution < -0.4 is 5.32 Å². The smallest absolute Gasteiger partial charge is 0.157 e.